The zero-order valence-corrected chi connectivity index (χ0v) is 12.9. The molecule has 3 nitrogen and oxygen atoms in total. The molecule has 4 heteroatoms. The van der Waals surface area contributed by atoms with E-state index in [9.17, 15) is 0 Å². The molecule has 3 aromatic carbocycles. The number of methoxy groups -OCH3 is 1. The maximum atomic E-state index is 6.16. The molecule has 0 aliphatic carbocycles. The first-order valence-electron chi connectivity index (χ1n) is 6.98. The summed E-state index contributed by atoms with van der Waals surface area (Å²) in [6, 6.07) is 18.5. The first-order valence-corrected chi connectivity index (χ1v) is 7.80. The zero-order valence-electron chi connectivity index (χ0n) is 12.0. The summed E-state index contributed by atoms with van der Waals surface area (Å²) < 4.78 is 6.25. The quantitative estimate of drug-likeness (QED) is 0.546. The van der Waals surface area contributed by atoms with Gasteiger partial charge >= 0.3 is 0 Å². The fourth-order valence-electron chi connectivity index (χ4n) is 2.62. The largest absolute Gasteiger partial charge is 0.495 e. The number of nitrogens with two attached hydrogens (primary N) is 1. The van der Waals surface area contributed by atoms with E-state index >= 15 is 0 Å². The van der Waals surface area contributed by atoms with E-state index in [4.69, 9.17) is 15.5 Å². The van der Waals surface area contributed by atoms with E-state index in [1.807, 2.05) is 24.3 Å². The molecule has 1 heterocycles. The van der Waals surface area contributed by atoms with Gasteiger partial charge in [0, 0.05) is 5.56 Å². The highest BCUT2D eigenvalue weighted by molar-refractivity contribution is 7.22. The number of benzene rings is 3. The number of rotatable bonds is 2. The summed E-state index contributed by atoms with van der Waals surface area (Å²) in [5.41, 5.74) is 8.83. The van der Waals surface area contributed by atoms with E-state index in [1.54, 1.807) is 18.4 Å². The maximum Gasteiger partial charge on any atom is 0.143 e. The number of hydrogen-bond acceptors (Lipinski definition) is 4. The minimum absolute atomic E-state index is 0.657. The van der Waals surface area contributed by atoms with Crippen LogP contribution in [0.2, 0.25) is 0 Å². The number of hydrogen-bond donors (Lipinski definition) is 1. The molecule has 1 aromatic heterocycles. The van der Waals surface area contributed by atoms with Gasteiger partial charge in [0.05, 0.1) is 23.0 Å². The zero-order chi connectivity index (χ0) is 15.1. The van der Waals surface area contributed by atoms with E-state index in [1.165, 1.54) is 10.8 Å². The number of fused-ring (bicyclic) bond motifs is 2. The third-order valence-corrected chi connectivity index (χ3v) is 4.93. The average Bonchev–Trinajstić information content (AvgIpc) is 3.00. The Bertz CT molecular complexity index is 991. The van der Waals surface area contributed by atoms with Crippen LogP contribution in [0, 0.1) is 0 Å². The average molecular weight is 306 g/mol. The Kier molecular flexibility index (Phi) is 2.98. The van der Waals surface area contributed by atoms with E-state index in [0.717, 1.165) is 20.8 Å². The Morgan fingerprint density at radius 3 is 2.64 bits per heavy atom. The van der Waals surface area contributed by atoms with Gasteiger partial charge in [-0.25, -0.2) is 4.98 Å². The van der Waals surface area contributed by atoms with Gasteiger partial charge in [0.15, 0.2) is 0 Å². The Hall–Kier alpha value is -2.59. The van der Waals surface area contributed by atoms with E-state index in [-0.39, 0.29) is 0 Å². The summed E-state index contributed by atoms with van der Waals surface area (Å²) in [6.07, 6.45) is 0. The summed E-state index contributed by atoms with van der Waals surface area (Å²) in [5.74, 6) is 0.696. The van der Waals surface area contributed by atoms with Crippen LogP contribution in [0.3, 0.4) is 0 Å². The van der Waals surface area contributed by atoms with Crippen molar-refractivity contribution in [2.45, 2.75) is 0 Å². The number of aromatic nitrogens is 1. The fraction of sp³-hybridized carbons (Fsp3) is 0.0556. The monoisotopic (exact) mass is 306 g/mol. The lowest BCUT2D eigenvalue weighted by Gasteiger charge is -2.03. The van der Waals surface area contributed by atoms with E-state index in [2.05, 4.69) is 30.3 Å². The highest BCUT2D eigenvalue weighted by Crippen LogP contribution is 2.38. The highest BCUT2D eigenvalue weighted by atomic mass is 32.1. The molecule has 0 saturated carbocycles. The van der Waals surface area contributed by atoms with Crippen molar-refractivity contribution in [3.63, 3.8) is 0 Å². The molecule has 0 fully saturated rings. The Labute approximate surface area is 132 Å². The molecule has 0 spiro atoms. The fourth-order valence-corrected chi connectivity index (χ4v) is 3.63. The Balaban J connectivity index is 1.90. The summed E-state index contributed by atoms with van der Waals surface area (Å²) >= 11 is 1.60. The first-order chi connectivity index (χ1) is 10.8. The highest BCUT2D eigenvalue weighted by Gasteiger charge is 2.12. The number of ether oxygens (including phenoxy) is 1. The van der Waals surface area contributed by atoms with Gasteiger partial charge in [0.2, 0.25) is 0 Å². The minimum Gasteiger partial charge on any atom is -0.495 e. The lowest BCUT2D eigenvalue weighted by Crippen LogP contribution is -1.91. The second kappa shape index (κ2) is 5.00. The van der Waals surface area contributed by atoms with Gasteiger partial charge in [-0.15, -0.1) is 11.3 Å². The maximum absolute atomic E-state index is 6.16. The van der Waals surface area contributed by atoms with Gasteiger partial charge in [-0.3, -0.25) is 0 Å². The van der Waals surface area contributed by atoms with Crippen LogP contribution in [-0.4, -0.2) is 12.1 Å². The van der Waals surface area contributed by atoms with Crippen molar-refractivity contribution in [1.82, 2.24) is 4.98 Å². The van der Waals surface area contributed by atoms with Gasteiger partial charge in [-0.05, 0) is 29.0 Å². The second-order valence-electron chi connectivity index (χ2n) is 5.11. The Morgan fingerprint density at radius 1 is 1.00 bits per heavy atom. The lowest BCUT2D eigenvalue weighted by atomic mass is 10.1. The van der Waals surface area contributed by atoms with Gasteiger partial charge in [0.1, 0.15) is 10.8 Å². The molecule has 22 heavy (non-hydrogen) atoms. The first kappa shape index (κ1) is 13.1. The van der Waals surface area contributed by atoms with Gasteiger partial charge < -0.3 is 10.5 Å². The predicted molar refractivity (Wildman–Crippen MR) is 93.5 cm³/mol. The van der Waals surface area contributed by atoms with Crippen LogP contribution in [0.25, 0.3) is 31.6 Å². The molecule has 0 amide bonds. The lowest BCUT2D eigenvalue weighted by molar-refractivity contribution is 0.417. The van der Waals surface area contributed by atoms with Crippen molar-refractivity contribution in [2.75, 3.05) is 12.8 Å². The van der Waals surface area contributed by atoms with Crippen LogP contribution >= 0.6 is 11.3 Å². The summed E-state index contributed by atoms with van der Waals surface area (Å²) in [5, 5.41) is 3.42. The molecule has 2 N–H and O–H groups in total. The standard InChI is InChI=1S/C18H14N2OS/c1-21-15-9-8-14-17(16(15)19)22-18(20-14)13-7-6-11-4-2-3-5-12(11)10-13/h2-10H,19H2,1H3. The van der Waals surface area contributed by atoms with E-state index in [0.29, 0.717) is 11.4 Å². The molecule has 0 bridgehead atoms. The van der Waals surface area contributed by atoms with Gasteiger partial charge in [-0.2, -0.15) is 0 Å². The number of thiazole rings is 1. The third-order valence-electron chi connectivity index (χ3n) is 3.77. The van der Waals surface area contributed by atoms with Crippen LogP contribution in [-0.2, 0) is 0 Å². The number of nitrogens with zero attached hydrogens (tertiary/aromatic N) is 1. The molecule has 4 aromatic rings. The van der Waals surface area contributed by atoms with Crippen molar-refractivity contribution < 1.29 is 4.74 Å². The van der Waals surface area contributed by atoms with Crippen molar-refractivity contribution in [2.24, 2.45) is 0 Å². The smallest absolute Gasteiger partial charge is 0.143 e. The van der Waals surface area contributed by atoms with Gasteiger partial charge in [0.25, 0.3) is 0 Å². The SMILES string of the molecule is COc1ccc2nc(-c3ccc4ccccc4c3)sc2c1N. The summed E-state index contributed by atoms with van der Waals surface area (Å²) in [7, 11) is 1.63. The molecule has 4 rings (SSSR count). The molecular weight excluding hydrogens is 292 g/mol. The number of anilines is 1. The van der Waals surface area contributed by atoms with Crippen LogP contribution in [0.1, 0.15) is 0 Å². The second-order valence-corrected chi connectivity index (χ2v) is 6.11. The molecule has 0 aliphatic heterocycles. The van der Waals surface area contributed by atoms with Crippen LogP contribution in [0.4, 0.5) is 5.69 Å². The molecule has 108 valence electrons. The Morgan fingerprint density at radius 2 is 1.82 bits per heavy atom. The molecule has 0 unspecified atom stereocenters. The van der Waals surface area contributed by atoms with Crippen molar-refractivity contribution in [1.29, 1.82) is 0 Å². The van der Waals surface area contributed by atoms with Crippen LogP contribution < -0.4 is 10.5 Å². The molecule has 0 aliphatic rings. The number of nitrogen functional groups attached to an aromatic ring is 1. The summed E-state index contributed by atoms with van der Waals surface area (Å²) in [4.78, 5) is 4.71. The van der Waals surface area contributed by atoms with Crippen molar-refractivity contribution in [3.8, 4) is 16.3 Å². The molecule has 0 atom stereocenters. The normalized spacial score (nSPS) is 11.1. The predicted octanol–water partition coefficient (Wildman–Crippen LogP) is 4.71. The topological polar surface area (TPSA) is 48.1 Å². The van der Waals surface area contributed by atoms with Gasteiger partial charge in [-0.1, -0.05) is 36.4 Å². The molecule has 0 saturated heterocycles. The third kappa shape index (κ3) is 2.00. The van der Waals surface area contributed by atoms with Crippen molar-refractivity contribution >= 4 is 38.0 Å². The van der Waals surface area contributed by atoms with Crippen LogP contribution in [0.15, 0.2) is 54.6 Å². The van der Waals surface area contributed by atoms with Crippen LogP contribution in [0.5, 0.6) is 5.75 Å². The minimum atomic E-state index is 0.657. The van der Waals surface area contributed by atoms with E-state index < -0.39 is 0 Å². The molecule has 0 radical (unpaired) electrons. The summed E-state index contributed by atoms with van der Waals surface area (Å²) in [6.45, 7) is 0. The van der Waals surface area contributed by atoms with Crippen molar-refractivity contribution in [3.05, 3.63) is 54.6 Å². The molecular formula is C18H14N2OS.